The SMILES string of the molecule is C[C@H](Oc1cnc(N[C@H]2CNC[C@@H]2c2cc(F)c(F)cc2F)nc1)C1CCN(c2nnn([C@@H]3CCOC3)n2)CC1.Cl. The summed E-state index contributed by atoms with van der Waals surface area (Å²) in [6, 6.07) is 1.38. The molecule has 15 heteroatoms. The van der Waals surface area contributed by atoms with Crippen LogP contribution in [0.25, 0.3) is 0 Å². The molecule has 0 amide bonds. The minimum atomic E-state index is -1.20. The smallest absolute Gasteiger partial charge is 0.266 e. The number of benzene rings is 1. The lowest BCUT2D eigenvalue weighted by Gasteiger charge is -2.34. The van der Waals surface area contributed by atoms with Gasteiger partial charge < -0.3 is 25.0 Å². The van der Waals surface area contributed by atoms with E-state index in [2.05, 4.69) is 40.9 Å². The summed E-state index contributed by atoms with van der Waals surface area (Å²) in [5.74, 6) is -1.55. The Hall–Kier alpha value is -3.23. The maximum atomic E-state index is 14.4. The van der Waals surface area contributed by atoms with Gasteiger partial charge in [-0.15, -0.1) is 17.5 Å². The number of anilines is 2. The van der Waals surface area contributed by atoms with E-state index in [0.29, 0.717) is 49.3 Å². The van der Waals surface area contributed by atoms with Crippen LogP contribution in [-0.2, 0) is 4.74 Å². The zero-order valence-electron chi connectivity index (χ0n) is 22.5. The number of nitrogens with one attached hydrogen (secondary N) is 2. The van der Waals surface area contributed by atoms with Crippen molar-refractivity contribution in [1.29, 1.82) is 0 Å². The molecule has 3 aliphatic rings. The van der Waals surface area contributed by atoms with Crippen molar-refractivity contribution in [3.05, 3.63) is 47.5 Å². The first-order valence-corrected chi connectivity index (χ1v) is 13.7. The lowest BCUT2D eigenvalue weighted by molar-refractivity contribution is 0.132. The highest BCUT2D eigenvalue weighted by molar-refractivity contribution is 5.85. The molecular weight excluding hydrogens is 563 g/mol. The summed E-state index contributed by atoms with van der Waals surface area (Å²) < 4.78 is 53.1. The molecule has 2 aromatic heterocycles. The van der Waals surface area contributed by atoms with Crippen LogP contribution in [0.2, 0.25) is 0 Å². The summed E-state index contributed by atoms with van der Waals surface area (Å²) >= 11 is 0. The third-order valence-electron chi connectivity index (χ3n) is 8.05. The van der Waals surface area contributed by atoms with Gasteiger partial charge in [0.1, 0.15) is 5.82 Å². The molecule has 2 N–H and O–H groups in total. The molecule has 11 nitrogen and oxygen atoms in total. The molecule has 3 aliphatic heterocycles. The third kappa shape index (κ3) is 6.49. The Morgan fingerprint density at radius 2 is 1.80 bits per heavy atom. The normalized spacial score (nSPS) is 23.8. The van der Waals surface area contributed by atoms with E-state index in [1.165, 1.54) is 0 Å². The number of aromatic nitrogens is 6. The van der Waals surface area contributed by atoms with Crippen LogP contribution in [0, 0.1) is 23.4 Å². The predicted molar refractivity (Wildman–Crippen MR) is 146 cm³/mol. The molecule has 222 valence electrons. The van der Waals surface area contributed by atoms with Gasteiger partial charge in [-0.25, -0.2) is 23.1 Å². The first-order chi connectivity index (χ1) is 19.4. The molecule has 0 aliphatic carbocycles. The van der Waals surface area contributed by atoms with Crippen molar-refractivity contribution in [2.75, 3.05) is 49.6 Å². The zero-order chi connectivity index (χ0) is 27.6. The lowest BCUT2D eigenvalue weighted by Crippen LogP contribution is -2.39. The first kappa shape index (κ1) is 29.3. The van der Waals surface area contributed by atoms with E-state index in [1.54, 1.807) is 17.2 Å². The van der Waals surface area contributed by atoms with E-state index in [-0.39, 0.29) is 36.2 Å². The number of hydrogen-bond donors (Lipinski definition) is 2. The van der Waals surface area contributed by atoms with Gasteiger partial charge in [-0.3, -0.25) is 0 Å². The fourth-order valence-corrected chi connectivity index (χ4v) is 5.68. The number of ether oxygens (including phenoxy) is 2. The van der Waals surface area contributed by atoms with E-state index >= 15 is 0 Å². The first-order valence-electron chi connectivity index (χ1n) is 13.7. The summed E-state index contributed by atoms with van der Waals surface area (Å²) in [5.41, 5.74) is 0.116. The Morgan fingerprint density at radius 3 is 2.54 bits per heavy atom. The molecule has 5 heterocycles. The zero-order valence-corrected chi connectivity index (χ0v) is 23.4. The van der Waals surface area contributed by atoms with Crippen LogP contribution in [-0.4, -0.2) is 81.7 Å². The van der Waals surface area contributed by atoms with Crippen molar-refractivity contribution < 1.29 is 22.6 Å². The Labute approximate surface area is 241 Å². The van der Waals surface area contributed by atoms with Gasteiger partial charge in [0.2, 0.25) is 5.95 Å². The lowest BCUT2D eigenvalue weighted by atomic mass is 9.92. The molecule has 0 saturated carbocycles. The minimum absolute atomic E-state index is 0. The topological polar surface area (TPSA) is 115 Å². The Bertz CT molecular complexity index is 1300. The molecule has 4 atom stereocenters. The summed E-state index contributed by atoms with van der Waals surface area (Å²) in [6.07, 6.45) is 5.93. The number of nitrogens with zero attached hydrogens (tertiary/aromatic N) is 7. The minimum Gasteiger partial charge on any atom is -0.487 e. The molecule has 0 radical (unpaired) electrons. The monoisotopic (exact) mass is 595 g/mol. The average Bonchev–Trinajstić information content (AvgIpc) is 3.74. The van der Waals surface area contributed by atoms with Crippen LogP contribution in [0.5, 0.6) is 5.75 Å². The maximum absolute atomic E-state index is 14.4. The molecule has 3 saturated heterocycles. The Morgan fingerprint density at radius 1 is 1.05 bits per heavy atom. The number of hydrogen-bond acceptors (Lipinski definition) is 10. The molecule has 6 rings (SSSR count). The molecule has 0 bridgehead atoms. The molecule has 3 aromatic rings. The predicted octanol–water partition coefficient (Wildman–Crippen LogP) is 3.12. The second-order valence-corrected chi connectivity index (χ2v) is 10.6. The third-order valence-corrected chi connectivity index (χ3v) is 8.05. The van der Waals surface area contributed by atoms with Gasteiger partial charge in [0.05, 0.1) is 31.1 Å². The molecule has 0 spiro atoms. The standard InChI is InChI=1S/C26H32F3N9O2.ClH/c1-15(16-2-5-37(6-3-16)26-34-36-38(35-26)17-4-7-39-14-17)40-18-10-31-25(32-11-18)33-24-13-30-12-20(24)19-8-22(28)23(29)9-21(19)27;/h8-11,15-17,20,24,30H,2-7,12-14H2,1H3,(H,31,32,33);1H/t15-,17+,20+,24-;/m0./s1. The van der Waals surface area contributed by atoms with Crippen LogP contribution < -0.4 is 20.3 Å². The summed E-state index contributed by atoms with van der Waals surface area (Å²) in [7, 11) is 0. The van der Waals surface area contributed by atoms with Crippen LogP contribution in [0.3, 0.4) is 0 Å². The number of rotatable bonds is 8. The van der Waals surface area contributed by atoms with Crippen LogP contribution >= 0.6 is 12.4 Å². The molecule has 1 aromatic carbocycles. The Kier molecular flexibility index (Phi) is 9.09. The van der Waals surface area contributed by atoms with Crippen molar-refractivity contribution >= 4 is 24.3 Å². The van der Waals surface area contributed by atoms with Crippen molar-refractivity contribution in [3.8, 4) is 5.75 Å². The van der Waals surface area contributed by atoms with E-state index in [1.807, 2.05) is 6.92 Å². The van der Waals surface area contributed by atoms with Crippen LogP contribution in [0.15, 0.2) is 24.5 Å². The highest BCUT2D eigenvalue weighted by atomic mass is 35.5. The van der Waals surface area contributed by atoms with Gasteiger partial charge >= 0.3 is 0 Å². The molecule has 41 heavy (non-hydrogen) atoms. The van der Waals surface area contributed by atoms with E-state index in [0.717, 1.165) is 45.0 Å². The van der Waals surface area contributed by atoms with E-state index in [9.17, 15) is 13.2 Å². The average molecular weight is 596 g/mol. The summed E-state index contributed by atoms with van der Waals surface area (Å²) in [6.45, 7) is 5.96. The van der Waals surface area contributed by atoms with Gasteiger partial charge in [-0.2, -0.15) is 4.80 Å². The van der Waals surface area contributed by atoms with Gasteiger partial charge in [-0.05, 0) is 48.9 Å². The molecule has 0 unspecified atom stereocenters. The number of halogens is 4. The quantitative estimate of drug-likeness (QED) is 0.376. The second-order valence-electron chi connectivity index (χ2n) is 10.6. The van der Waals surface area contributed by atoms with Gasteiger partial charge in [-0.1, -0.05) is 5.10 Å². The molecule has 3 fully saturated rings. The largest absolute Gasteiger partial charge is 0.487 e. The van der Waals surface area contributed by atoms with Crippen LogP contribution in [0.1, 0.15) is 43.7 Å². The Balaban J connectivity index is 0.00000337. The van der Waals surface area contributed by atoms with Crippen molar-refractivity contribution in [2.45, 2.75) is 50.3 Å². The highest BCUT2D eigenvalue weighted by Crippen LogP contribution is 2.30. The highest BCUT2D eigenvalue weighted by Gasteiger charge is 2.32. The van der Waals surface area contributed by atoms with Crippen molar-refractivity contribution in [3.63, 3.8) is 0 Å². The molecular formula is C26H33ClF3N9O2. The summed E-state index contributed by atoms with van der Waals surface area (Å²) in [5, 5.41) is 19.4. The van der Waals surface area contributed by atoms with E-state index < -0.39 is 23.4 Å². The second kappa shape index (κ2) is 12.7. The van der Waals surface area contributed by atoms with Crippen LogP contribution in [0.4, 0.5) is 25.1 Å². The van der Waals surface area contributed by atoms with Gasteiger partial charge in [0, 0.05) is 50.8 Å². The van der Waals surface area contributed by atoms with Gasteiger partial charge in [0.25, 0.3) is 5.95 Å². The summed E-state index contributed by atoms with van der Waals surface area (Å²) in [4.78, 5) is 12.6. The van der Waals surface area contributed by atoms with Crippen molar-refractivity contribution in [2.24, 2.45) is 5.92 Å². The number of tetrazole rings is 1. The fourth-order valence-electron chi connectivity index (χ4n) is 5.68. The maximum Gasteiger partial charge on any atom is 0.266 e. The van der Waals surface area contributed by atoms with Gasteiger partial charge in [0.15, 0.2) is 17.4 Å². The number of piperidine rings is 1. The van der Waals surface area contributed by atoms with E-state index in [4.69, 9.17) is 9.47 Å². The fraction of sp³-hybridized carbons (Fsp3) is 0.577. The van der Waals surface area contributed by atoms with Crippen molar-refractivity contribution in [1.82, 2.24) is 35.5 Å².